The Balaban J connectivity index is 1.96. The molecule has 0 radical (unpaired) electrons. The van der Waals surface area contributed by atoms with E-state index in [2.05, 4.69) is 10.3 Å². The van der Waals surface area contributed by atoms with Crippen LogP contribution in [0.4, 0.5) is 5.69 Å². The lowest BCUT2D eigenvalue weighted by Gasteiger charge is -2.06. The Labute approximate surface area is 109 Å². The molecular formula is C13H14N2O4. The molecular weight excluding hydrogens is 248 g/mol. The second-order valence-electron chi connectivity index (χ2n) is 4.15. The summed E-state index contributed by atoms with van der Waals surface area (Å²) in [5, 5.41) is 30.3. The van der Waals surface area contributed by atoms with Gasteiger partial charge in [0.1, 0.15) is 0 Å². The van der Waals surface area contributed by atoms with E-state index in [-0.39, 0.29) is 18.2 Å². The first-order valence-electron chi connectivity index (χ1n) is 5.69. The molecule has 0 aliphatic heterocycles. The molecule has 1 aromatic heterocycles. The van der Waals surface area contributed by atoms with E-state index in [9.17, 15) is 9.90 Å². The van der Waals surface area contributed by atoms with Crippen LogP contribution in [0.15, 0.2) is 30.3 Å². The standard InChI is InChI=1S/C13H14N2O4/c16-11-6-9(13(19)15-11)7-14-10-3-1-8(2-4-10)5-12(17)18/h1-4,6,14-16,19H,5,7H2,(H,17,18). The van der Waals surface area contributed by atoms with Crippen molar-refractivity contribution in [2.75, 3.05) is 5.32 Å². The first kappa shape index (κ1) is 12.8. The van der Waals surface area contributed by atoms with Crippen molar-refractivity contribution in [3.8, 4) is 11.8 Å². The molecule has 2 rings (SSSR count). The topological polar surface area (TPSA) is 106 Å². The third-order valence-corrected chi connectivity index (χ3v) is 2.65. The van der Waals surface area contributed by atoms with Gasteiger partial charge in [0, 0.05) is 23.9 Å². The van der Waals surface area contributed by atoms with Crippen molar-refractivity contribution in [3.63, 3.8) is 0 Å². The maximum atomic E-state index is 10.5. The number of aliphatic carboxylic acids is 1. The van der Waals surface area contributed by atoms with Gasteiger partial charge in [-0.3, -0.25) is 9.78 Å². The van der Waals surface area contributed by atoms with Crippen LogP contribution >= 0.6 is 0 Å². The van der Waals surface area contributed by atoms with Crippen molar-refractivity contribution in [3.05, 3.63) is 41.5 Å². The van der Waals surface area contributed by atoms with Gasteiger partial charge in [0.15, 0.2) is 11.8 Å². The molecule has 19 heavy (non-hydrogen) atoms. The van der Waals surface area contributed by atoms with E-state index in [0.29, 0.717) is 12.1 Å². The van der Waals surface area contributed by atoms with E-state index >= 15 is 0 Å². The Hall–Kier alpha value is -2.63. The molecule has 1 heterocycles. The molecule has 0 aliphatic carbocycles. The number of aromatic nitrogens is 1. The normalized spacial score (nSPS) is 10.3. The van der Waals surface area contributed by atoms with Crippen LogP contribution in [0.25, 0.3) is 0 Å². The number of aromatic amines is 1. The van der Waals surface area contributed by atoms with E-state index in [1.807, 2.05) is 0 Å². The summed E-state index contributed by atoms with van der Waals surface area (Å²) < 4.78 is 0. The first-order valence-corrected chi connectivity index (χ1v) is 5.69. The molecule has 0 atom stereocenters. The van der Waals surface area contributed by atoms with Gasteiger partial charge in [0.2, 0.25) is 0 Å². The van der Waals surface area contributed by atoms with Crippen molar-refractivity contribution in [1.29, 1.82) is 0 Å². The summed E-state index contributed by atoms with van der Waals surface area (Å²) in [5.41, 5.74) is 2.07. The highest BCUT2D eigenvalue weighted by Gasteiger charge is 2.06. The molecule has 2 aromatic rings. The quantitative estimate of drug-likeness (QED) is 0.563. The van der Waals surface area contributed by atoms with Crippen LogP contribution < -0.4 is 5.32 Å². The summed E-state index contributed by atoms with van der Waals surface area (Å²) in [7, 11) is 0. The first-order chi connectivity index (χ1) is 9.04. The molecule has 1 aromatic carbocycles. The van der Waals surface area contributed by atoms with Crippen LogP contribution in [0, 0.1) is 0 Å². The van der Waals surface area contributed by atoms with Gasteiger partial charge in [-0.1, -0.05) is 12.1 Å². The maximum Gasteiger partial charge on any atom is 0.307 e. The molecule has 0 spiro atoms. The van der Waals surface area contributed by atoms with Gasteiger partial charge in [0.05, 0.1) is 6.42 Å². The number of aromatic hydroxyl groups is 2. The minimum Gasteiger partial charge on any atom is -0.495 e. The minimum absolute atomic E-state index is 0.00719. The van der Waals surface area contributed by atoms with E-state index in [0.717, 1.165) is 11.3 Å². The number of hydrogen-bond donors (Lipinski definition) is 5. The highest BCUT2D eigenvalue weighted by Crippen LogP contribution is 2.22. The van der Waals surface area contributed by atoms with Crippen molar-refractivity contribution in [2.45, 2.75) is 13.0 Å². The summed E-state index contributed by atoms with van der Waals surface area (Å²) in [6.45, 7) is 0.348. The van der Waals surface area contributed by atoms with Gasteiger partial charge in [-0.15, -0.1) is 0 Å². The van der Waals surface area contributed by atoms with Crippen LogP contribution in [-0.2, 0) is 17.8 Å². The molecule has 5 N–H and O–H groups in total. The molecule has 0 fully saturated rings. The van der Waals surface area contributed by atoms with Gasteiger partial charge >= 0.3 is 5.97 Å². The zero-order valence-corrected chi connectivity index (χ0v) is 10.1. The lowest BCUT2D eigenvalue weighted by Crippen LogP contribution is -2.01. The van der Waals surface area contributed by atoms with Crippen LogP contribution in [0.2, 0.25) is 0 Å². The van der Waals surface area contributed by atoms with E-state index in [1.54, 1.807) is 24.3 Å². The Morgan fingerprint density at radius 1 is 1.21 bits per heavy atom. The number of rotatable bonds is 5. The van der Waals surface area contributed by atoms with Crippen LogP contribution in [-0.4, -0.2) is 26.3 Å². The second-order valence-corrected chi connectivity index (χ2v) is 4.15. The Morgan fingerprint density at radius 2 is 1.89 bits per heavy atom. The summed E-state index contributed by atoms with van der Waals surface area (Å²) in [6.07, 6.45) is -0.00719. The maximum absolute atomic E-state index is 10.5. The number of carbonyl (C=O) groups is 1. The molecule has 0 saturated carbocycles. The summed E-state index contributed by atoms with van der Waals surface area (Å²) in [4.78, 5) is 12.9. The predicted octanol–water partition coefficient (Wildman–Crippen LogP) is 1.67. The van der Waals surface area contributed by atoms with Crippen molar-refractivity contribution >= 4 is 11.7 Å². The highest BCUT2D eigenvalue weighted by molar-refractivity contribution is 5.70. The highest BCUT2D eigenvalue weighted by atomic mass is 16.4. The molecule has 6 heteroatoms. The SMILES string of the molecule is O=C(O)Cc1ccc(NCc2cc(O)[nH]c2O)cc1. The fraction of sp³-hybridized carbons (Fsp3) is 0.154. The third kappa shape index (κ3) is 3.41. The van der Waals surface area contributed by atoms with E-state index in [1.165, 1.54) is 6.07 Å². The van der Waals surface area contributed by atoms with E-state index in [4.69, 9.17) is 10.2 Å². The third-order valence-electron chi connectivity index (χ3n) is 2.65. The molecule has 0 amide bonds. The smallest absolute Gasteiger partial charge is 0.307 e. The predicted molar refractivity (Wildman–Crippen MR) is 69.2 cm³/mol. The Morgan fingerprint density at radius 3 is 2.42 bits per heavy atom. The van der Waals surface area contributed by atoms with Crippen molar-refractivity contribution in [2.24, 2.45) is 0 Å². The molecule has 6 nitrogen and oxygen atoms in total. The molecule has 0 unspecified atom stereocenters. The fourth-order valence-electron chi connectivity index (χ4n) is 1.72. The van der Waals surface area contributed by atoms with Crippen LogP contribution in [0.3, 0.4) is 0 Å². The number of benzene rings is 1. The number of anilines is 1. The number of hydrogen-bond acceptors (Lipinski definition) is 4. The zero-order chi connectivity index (χ0) is 13.8. The molecule has 100 valence electrons. The van der Waals surface area contributed by atoms with Gasteiger partial charge in [-0.2, -0.15) is 0 Å². The van der Waals surface area contributed by atoms with E-state index < -0.39 is 5.97 Å². The molecule has 0 aliphatic rings. The summed E-state index contributed by atoms with van der Waals surface area (Å²) >= 11 is 0. The average Bonchev–Trinajstić information content (AvgIpc) is 2.66. The monoisotopic (exact) mass is 262 g/mol. The minimum atomic E-state index is -0.867. The Kier molecular flexibility index (Phi) is 3.61. The van der Waals surface area contributed by atoms with Gasteiger partial charge in [-0.25, -0.2) is 0 Å². The van der Waals surface area contributed by atoms with Crippen LogP contribution in [0.5, 0.6) is 11.8 Å². The molecule has 0 bridgehead atoms. The summed E-state index contributed by atoms with van der Waals surface area (Å²) in [6, 6.07) is 8.42. The van der Waals surface area contributed by atoms with Crippen molar-refractivity contribution in [1.82, 2.24) is 4.98 Å². The zero-order valence-electron chi connectivity index (χ0n) is 10.1. The number of carboxylic acid groups (broad SMARTS) is 1. The van der Waals surface area contributed by atoms with Gasteiger partial charge in [-0.05, 0) is 17.7 Å². The van der Waals surface area contributed by atoms with Crippen molar-refractivity contribution < 1.29 is 20.1 Å². The lowest BCUT2D eigenvalue weighted by molar-refractivity contribution is -0.136. The van der Waals surface area contributed by atoms with Crippen LogP contribution in [0.1, 0.15) is 11.1 Å². The van der Waals surface area contributed by atoms with Gasteiger partial charge in [0.25, 0.3) is 0 Å². The number of carboxylic acids is 1. The largest absolute Gasteiger partial charge is 0.495 e. The average molecular weight is 262 g/mol. The Bertz CT molecular complexity index is 575. The fourth-order valence-corrected chi connectivity index (χ4v) is 1.72. The second kappa shape index (κ2) is 5.34. The molecule has 0 saturated heterocycles. The number of nitrogens with one attached hydrogen (secondary N) is 2. The van der Waals surface area contributed by atoms with Gasteiger partial charge < -0.3 is 20.6 Å². The number of H-pyrrole nitrogens is 1. The summed E-state index contributed by atoms with van der Waals surface area (Å²) in [5.74, 6) is -1.04. The lowest BCUT2D eigenvalue weighted by atomic mass is 10.1.